The quantitative estimate of drug-likeness (QED) is 0.318. The van der Waals surface area contributed by atoms with Gasteiger partial charge in [0, 0.05) is 11.8 Å². The van der Waals surface area contributed by atoms with Crippen LogP contribution in [0.4, 0.5) is 23.2 Å². The molecule has 4 rings (SSSR count). The molecule has 0 atom stereocenters. The molecule has 0 spiro atoms. The van der Waals surface area contributed by atoms with Crippen molar-refractivity contribution < 1.29 is 22.4 Å². The Hall–Kier alpha value is -3.66. The number of amides is 1. The lowest BCUT2D eigenvalue weighted by atomic mass is 10.2. The third-order valence-electron chi connectivity index (χ3n) is 4.37. The minimum absolute atomic E-state index is 0.161. The smallest absolute Gasteiger partial charge is 0.234 e. The summed E-state index contributed by atoms with van der Waals surface area (Å²) in [6, 6.07) is 14.1. The summed E-state index contributed by atoms with van der Waals surface area (Å²) >= 11 is 0.950. The van der Waals surface area contributed by atoms with Crippen molar-refractivity contribution in [3.63, 3.8) is 0 Å². The number of aromatic nitrogens is 3. The minimum Gasteiger partial charge on any atom is -0.323 e. The van der Waals surface area contributed by atoms with E-state index >= 15 is 0 Å². The van der Waals surface area contributed by atoms with Crippen LogP contribution in [-0.4, -0.2) is 26.4 Å². The van der Waals surface area contributed by atoms with Crippen molar-refractivity contribution >= 4 is 23.4 Å². The number of halogens is 4. The lowest BCUT2D eigenvalue weighted by molar-refractivity contribution is -0.113. The van der Waals surface area contributed by atoms with E-state index in [4.69, 9.17) is 0 Å². The maximum Gasteiger partial charge on any atom is 0.234 e. The highest BCUT2D eigenvalue weighted by Crippen LogP contribution is 2.29. The molecular weight excluding hydrogens is 444 g/mol. The highest BCUT2D eigenvalue weighted by molar-refractivity contribution is 7.99. The number of anilines is 1. The van der Waals surface area contributed by atoms with Crippen molar-refractivity contribution in [1.29, 1.82) is 0 Å². The van der Waals surface area contributed by atoms with Gasteiger partial charge in [-0.2, -0.15) is 0 Å². The molecule has 0 unspecified atom stereocenters. The van der Waals surface area contributed by atoms with Gasteiger partial charge >= 0.3 is 0 Å². The van der Waals surface area contributed by atoms with Crippen LogP contribution in [0.2, 0.25) is 0 Å². The summed E-state index contributed by atoms with van der Waals surface area (Å²) in [6.07, 6.45) is 0. The summed E-state index contributed by atoms with van der Waals surface area (Å²) < 4.78 is 56.4. The second-order valence-corrected chi connectivity index (χ2v) is 7.50. The fourth-order valence-electron chi connectivity index (χ4n) is 2.91. The van der Waals surface area contributed by atoms with Crippen molar-refractivity contribution in [3.8, 4) is 17.1 Å². The maximum absolute atomic E-state index is 14.4. The molecule has 32 heavy (non-hydrogen) atoms. The Morgan fingerprint density at radius 1 is 0.875 bits per heavy atom. The first-order valence-corrected chi connectivity index (χ1v) is 10.2. The van der Waals surface area contributed by atoms with Crippen molar-refractivity contribution in [3.05, 3.63) is 90.0 Å². The Morgan fingerprint density at radius 2 is 1.59 bits per heavy atom. The molecule has 5 nitrogen and oxygen atoms in total. The number of hydrogen-bond acceptors (Lipinski definition) is 4. The number of rotatable bonds is 6. The molecule has 1 N–H and O–H groups in total. The summed E-state index contributed by atoms with van der Waals surface area (Å²) in [5.41, 5.74) is 0.332. The van der Waals surface area contributed by atoms with Crippen LogP contribution in [0.25, 0.3) is 17.1 Å². The Kier molecular flexibility index (Phi) is 6.22. The number of hydrogen-bond donors (Lipinski definition) is 1. The van der Waals surface area contributed by atoms with E-state index in [1.807, 2.05) is 0 Å². The number of thioether (sulfide) groups is 1. The molecule has 1 amide bonds. The Balaban J connectivity index is 1.62. The first kappa shape index (κ1) is 21.6. The topological polar surface area (TPSA) is 59.8 Å². The SMILES string of the molecule is O=C(CSc1nnc(-c2ccccc2F)n1-c1ccc(F)cc1)Nc1cc(F)ccc1F. The highest BCUT2D eigenvalue weighted by atomic mass is 32.2. The Bertz CT molecular complexity index is 1280. The molecular formula is C22H14F4N4OS. The molecule has 0 aliphatic heterocycles. The van der Waals surface area contributed by atoms with Gasteiger partial charge < -0.3 is 5.32 Å². The fraction of sp³-hybridized carbons (Fsp3) is 0.0455. The molecule has 0 bridgehead atoms. The second-order valence-electron chi connectivity index (χ2n) is 6.56. The van der Waals surface area contributed by atoms with E-state index < -0.39 is 29.2 Å². The van der Waals surface area contributed by atoms with Crippen LogP contribution in [0.1, 0.15) is 0 Å². The fourth-order valence-corrected chi connectivity index (χ4v) is 3.66. The Labute approximate surface area is 184 Å². The van der Waals surface area contributed by atoms with Gasteiger partial charge in [0.25, 0.3) is 0 Å². The van der Waals surface area contributed by atoms with Crippen molar-refractivity contribution in [1.82, 2.24) is 14.8 Å². The van der Waals surface area contributed by atoms with Crippen molar-refractivity contribution in [2.75, 3.05) is 11.1 Å². The van der Waals surface area contributed by atoms with E-state index in [0.29, 0.717) is 5.69 Å². The first-order chi connectivity index (χ1) is 15.4. The maximum atomic E-state index is 14.4. The lowest BCUT2D eigenvalue weighted by Gasteiger charge is -2.11. The van der Waals surface area contributed by atoms with Crippen LogP contribution in [0.5, 0.6) is 0 Å². The minimum atomic E-state index is -0.777. The molecule has 0 aliphatic carbocycles. The van der Waals surface area contributed by atoms with Gasteiger partial charge in [-0.3, -0.25) is 9.36 Å². The summed E-state index contributed by atoms with van der Waals surface area (Å²) in [7, 11) is 0. The van der Waals surface area contributed by atoms with Crippen LogP contribution in [0.15, 0.2) is 71.9 Å². The van der Waals surface area contributed by atoms with Gasteiger partial charge in [0.1, 0.15) is 23.3 Å². The molecule has 4 aromatic rings. The number of nitrogens with one attached hydrogen (secondary N) is 1. The molecule has 162 valence electrons. The summed E-state index contributed by atoms with van der Waals surface area (Å²) in [6.45, 7) is 0. The van der Waals surface area contributed by atoms with E-state index in [2.05, 4.69) is 15.5 Å². The van der Waals surface area contributed by atoms with E-state index in [-0.39, 0.29) is 28.0 Å². The lowest BCUT2D eigenvalue weighted by Crippen LogP contribution is -2.15. The summed E-state index contributed by atoms with van der Waals surface area (Å²) in [4.78, 5) is 12.3. The van der Waals surface area contributed by atoms with Gasteiger partial charge in [0.2, 0.25) is 5.91 Å². The molecule has 3 aromatic carbocycles. The van der Waals surface area contributed by atoms with Gasteiger partial charge in [-0.25, -0.2) is 17.6 Å². The third kappa shape index (κ3) is 4.65. The van der Waals surface area contributed by atoms with E-state index in [1.165, 1.54) is 47.0 Å². The predicted octanol–water partition coefficient (Wildman–Crippen LogP) is 5.22. The van der Waals surface area contributed by atoms with Crippen LogP contribution in [0, 0.1) is 23.3 Å². The van der Waals surface area contributed by atoms with Crippen LogP contribution in [-0.2, 0) is 4.79 Å². The molecule has 0 fully saturated rings. The van der Waals surface area contributed by atoms with E-state index in [1.54, 1.807) is 6.07 Å². The van der Waals surface area contributed by atoms with Gasteiger partial charge in [-0.15, -0.1) is 10.2 Å². The number of carbonyl (C=O) groups is 1. The summed E-state index contributed by atoms with van der Waals surface area (Å²) in [5.74, 6) is -3.12. The van der Waals surface area contributed by atoms with Crippen LogP contribution >= 0.6 is 11.8 Å². The van der Waals surface area contributed by atoms with E-state index in [0.717, 1.165) is 30.0 Å². The standard InChI is InChI=1S/C22H14F4N4OS/c23-13-5-8-15(9-6-13)30-21(16-3-1-2-4-17(16)25)28-29-22(30)32-12-20(31)27-19-11-14(24)7-10-18(19)26/h1-11H,12H2,(H,27,31). The normalized spacial score (nSPS) is 10.9. The van der Waals surface area contributed by atoms with Gasteiger partial charge in [-0.1, -0.05) is 23.9 Å². The molecule has 1 aromatic heterocycles. The largest absolute Gasteiger partial charge is 0.323 e. The summed E-state index contributed by atoms with van der Waals surface area (Å²) in [5, 5.41) is 10.6. The number of nitrogens with zero attached hydrogens (tertiary/aromatic N) is 3. The molecule has 0 radical (unpaired) electrons. The Morgan fingerprint density at radius 3 is 2.34 bits per heavy atom. The van der Waals surface area contributed by atoms with Crippen LogP contribution in [0.3, 0.4) is 0 Å². The van der Waals surface area contributed by atoms with Gasteiger partial charge in [-0.05, 0) is 48.5 Å². The zero-order valence-corrected chi connectivity index (χ0v) is 17.0. The molecule has 1 heterocycles. The molecule has 0 aliphatic rings. The molecule has 10 heteroatoms. The van der Waals surface area contributed by atoms with Crippen LogP contribution < -0.4 is 5.32 Å². The van der Waals surface area contributed by atoms with Crippen molar-refractivity contribution in [2.24, 2.45) is 0 Å². The molecule has 0 saturated heterocycles. The first-order valence-electron chi connectivity index (χ1n) is 9.26. The second kappa shape index (κ2) is 9.23. The van der Waals surface area contributed by atoms with Gasteiger partial charge in [0.15, 0.2) is 11.0 Å². The predicted molar refractivity (Wildman–Crippen MR) is 112 cm³/mol. The average molecular weight is 458 g/mol. The van der Waals surface area contributed by atoms with E-state index in [9.17, 15) is 22.4 Å². The average Bonchev–Trinajstić information content (AvgIpc) is 3.19. The zero-order chi connectivity index (χ0) is 22.7. The molecule has 0 saturated carbocycles. The van der Waals surface area contributed by atoms with Crippen molar-refractivity contribution in [2.45, 2.75) is 5.16 Å². The monoisotopic (exact) mass is 458 g/mol. The zero-order valence-electron chi connectivity index (χ0n) is 16.2. The van der Waals surface area contributed by atoms with Gasteiger partial charge in [0.05, 0.1) is 17.0 Å². The number of benzene rings is 3. The number of carbonyl (C=O) groups excluding carboxylic acids is 1. The third-order valence-corrected chi connectivity index (χ3v) is 5.30. The highest BCUT2D eigenvalue weighted by Gasteiger charge is 2.20.